The van der Waals surface area contributed by atoms with Crippen LogP contribution >= 0.6 is 11.6 Å². The standard InChI is InChI=1S/C30H36ClN7O/c1-20-27-17-37(14-15-38(27)19-32-20)29-23-11-13-36(26-10-4-7-21-6-3-9-24(31)28(21)26)16-25(23)33-30(34-29)39-18-22-8-5-12-35(22)2/h3-4,6-7,9-10,19-20,22,27H,5,8,11-18H2,1-2H3/t20?,22-,27?/m0/s1. The van der Waals surface area contributed by atoms with Crippen molar-refractivity contribution in [2.75, 3.05) is 56.2 Å². The predicted molar refractivity (Wildman–Crippen MR) is 158 cm³/mol. The summed E-state index contributed by atoms with van der Waals surface area (Å²) in [6.45, 7) is 8.35. The molecule has 2 aromatic carbocycles. The van der Waals surface area contributed by atoms with Crippen LogP contribution < -0.4 is 14.5 Å². The van der Waals surface area contributed by atoms with Crippen LogP contribution in [0.1, 0.15) is 31.0 Å². The van der Waals surface area contributed by atoms with Crippen LogP contribution in [0.25, 0.3) is 10.8 Å². The molecule has 0 N–H and O–H groups in total. The Morgan fingerprint density at radius 3 is 2.74 bits per heavy atom. The number of rotatable bonds is 5. The summed E-state index contributed by atoms with van der Waals surface area (Å²) in [4.78, 5) is 24.4. The lowest BCUT2D eigenvalue weighted by Gasteiger charge is -2.41. The Kier molecular flexibility index (Phi) is 6.47. The Morgan fingerprint density at radius 2 is 1.90 bits per heavy atom. The summed E-state index contributed by atoms with van der Waals surface area (Å²) in [7, 11) is 2.18. The second-order valence-corrected chi connectivity index (χ2v) is 11.8. The molecule has 0 radical (unpaired) electrons. The van der Waals surface area contributed by atoms with Gasteiger partial charge in [-0.3, -0.25) is 4.99 Å². The predicted octanol–water partition coefficient (Wildman–Crippen LogP) is 4.24. The Morgan fingerprint density at radius 1 is 1.03 bits per heavy atom. The van der Waals surface area contributed by atoms with Crippen LogP contribution in [-0.2, 0) is 13.0 Å². The van der Waals surface area contributed by atoms with Gasteiger partial charge in [0.05, 0.1) is 35.7 Å². The highest BCUT2D eigenvalue weighted by molar-refractivity contribution is 6.36. The van der Waals surface area contributed by atoms with E-state index in [1.165, 1.54) is 12.0 Å². The fraction of sp³-hybridized carbons (Fsp3) is 0.500. The van der Waals surface area contributed by atoms with Crippen molar-refractivity contribution in [2.45, 2.75) is 50.9 Å². The van der Waals surface area contributed by atoms with Gasteiger partial charge in [-0.25, -0.2) is 0 Å². The van der Waals surface area contributed by atoms with Crippen molar-refractivity contribution in [3.63, 3.8) is 0 Å². The van der Waals surface area contributed by atoms with E-state index >= 15 is 0 Å². The Hall–Kier alpha value is -3.10. The Balaban J connectivity index is 1.22. The zero-order valence-corrected chi connectivity index (χ0v) is 23.5. The average molecular weight is 546 g/mol. The molecule has 4 aliphatic rings. The van der Waals surface area contributed by atoms with E-state index in [4.69, 9.17) is 26.3 Å². The normalized spacial score (nSPS) is 24.9. The van der Waals surface area contributed by atoms with Gasteiger partial charge in [0.25, 0.3) is 0 Å². The van der Waals surface area contributed by atoms with E-state index in [1.54, 1.807) is 0 Å². The van der Waals surface area contributed by atoms with Crippen molar-refractivity contribution in [1.29, 1.82) is 0 Å². The largest absolute Gasteiger partial charge is 0.462 e. The number of piperazine rings is 1. The summed E-state index contributed by atoms with van der Waals surface area (Å²) in [5, 5.41) is 3.05. The summed E-state index contributed by atoms with van der Waals surface area (Å²) in [5.41, 5.74) is 3.47. The molecular weight excluding hydrogens is 510 g/mol. The van der Waals surface area contributed by atoms with Gasteiger partial charge in [0, 0.05) is 48.9 Å². The van der Waals surface area contributed by atoms with Gasteiger partial charge in [-0.05, 0) is 57.3 Å². The number of anilines is 2. The third-order valence-electron chi connectivity index (χ3n) is 9.04. The van der Waals surface area contributed by atoms with E-state index in [0.717, 1.165) is 78.6 Å². The lowest BCUT2D eigenvalue weighted by Crippen LogP contribution is -2.54. The van der Waals surface area contributed by atoms with Crippen molar-refractivity contribution in [3.8, 4) is 6.01 Å². The summed E-state index contributed by atoms with van der Waals surface area (Å²) in [6, 6.07) is 14.1. The minimum absolute atomic E-state index is 0.297. The van der Waals surface area contributed by atoms with Crippen molar-refractivity contribution >= 4 is 40.2 Å². The van der Waals surface area contributed by atoms with Gasteiger partial charge >= 0.3 is 6.01 Å². The number of aromatic nitrogens is 2. The monoisotopic (exact) mass is 545 g/mol. The number of hydrogen-bond donors (Lipinski definition) is 0. The first-order valence-corrected chi connectivity index (χ1v) is 14.6. The molecule has 2 saturated heterocycles. The van der Waals surface area contributed by atoms with Crippen molar-refractivity contribution in [3.05, 3.63) is 52.7 Å². The van der Waals surface area contributed by atoms with Gasteiger partial charge in [0.2, 0.25) is 0 Å². The van der Waals surface area contributed by atoms with Crippen molar-refractivity contribution < 1.29 is 4.74 Å². The number of aliphatic imine (C=N–C) groups is 1. The molecule has 0 saturated carbocycles. The summed E-state index contributed by atoms with van der Waals surface area (Å²) in [6.07, 6.45) is 5.29. The second-order valence-electron chi connectivity index (χ2n) is 11.4. The van der Waals surface area contributed by atoms with Crippen LogP contribution in [0.4, 0.5) is 11.5 Å². The van der Waals surface area contributed by atoms with Crippen molar-refractivity contribution in [2.24, 2.45) is 4.99 Å². The van der Waals surface area contributed by atoms with Gasteiger partial charge in [0.1, 0.15) is 12.4 Å². The van der Waals surface area contributed by atoms with Crippen LogP contribution in [0.3, 0.4) is 0 Å². The molecule has 0 amide bonds. The summed E-state index contributed by atoms with van der Waals surface area (Å²) >= 11 is 6.71. The number of ether oxygens (including phenoxy) is 1. The third kappa shape index (κ3) is 4.57. The number of halogens is 1. The van der Waals surface area contributed by atoms with Gasteiger partial charge in [-0.1, -0.05) is 35.9 Å². The highest BCUT2D eigenvalue weighted by atomic mass is 35.5. The van der Waals surface area contributed by atoms with E-state index in [-0.39, 0.29) is 0 Å². The third-order valence-corrected chi connectivity index (χ3v) is 9.35. The van der Waals surface area contributed by atoms with Gasteiger partial charge < -0.3 is 24.3 Å². The Bertz CT molecular complexity index is 1410. The maximum absolute atomic E-state index is 6.71. The molecule has 5 heterocycles. The number of nitrogens with zero attached hydrogens (tertiary/aromatic N) is 7. The number of hydrogen-bond acceptors (Lipinski definition) is 8. The van der Waals surface area contributed by atoms with Crippen LogP contribution in [-0.4, -0.2) is 90.6 Å². The molecule has 2 fully saturated rings. The van der Waals surface area contributed by atoms with Crippen LogP contribution in [0, 0.1) is 0 Å². The SMILES string of the molecule is CC1N=CN2CCN(c3nc(OC[C@@H]4CCCN4C)nc4c3CCN(c3cccc5cccc(Cl)c35)C4)CC12. The van der Waals surface area contributed by atoms with Gasteiger partial charge in [-0.2, -0.15) is 9.97 Å². The molecule has 7 rings (SSSR count). The fourth-order valence-electron chi connectivity index (χ4n) is 6.70. The Labute approximate surface area is 235 Å². The molecule has 8 nitrogen and oxygen atoms in total. The maximum atomic E-state index is 6.71. The molecule has 0 spiro atoms. The molecule has 2 unspecified atom stereocenters. The lowest BCUT2D eigenvalue weighted by atomic mass is 10.0. The molecule has 3 aromatic rings. The van der Waals surface area contributed by atoms with Crippen LogP contribution in [0.2, 0.25) is 5.02 Å². The van der Waals surface area contributed by atoms with E-state index in [1.807, 2.05) is 18.5 Å². The highest BCUT2D eigenvalue weighted by Crippen LogP contribution is 2.37. The molecule has 9 heteroatoms. The minimum Gasteiger partial charge on any atom is -0.462 e. The van der Waals surface area contributed by atoms with E-state index in [9.17, 15) is 0 Å². The molecular formula is C30H36ClN7O. The van der Waals surface area contributed by atoms with E-state index in [0.29, 0.717) is 37.3 Å². The first-order chi connectivity index (χ1) is 19.0. The lowest BCUT2D eigenvalue weighted by molar-refractivity contribution is 0.187. The van der Waals surface area contributed by atoms with Crippen molar-refractivity contribution in [1.82, 2.24) is 19.8 Å². The summed E-state index contributed by atoms with van der Waals surface area (Å²) < 4.78 is 6.33. The maximum Gasteiger partial charge on any atom is 0.318 e. The number of likely N-dealkylation sites (N-methyl/N-ethyl adjacent to an activating group) is 1. The zero-order valence-electron chi connectivity index (χ0n) is 22.8. The zero-order chi connectivity index (χ0) is 26.5. The fourth-order valence-corrected chi connectivity index (χ4v) is 6.98. The van der Waals surface area contributed by atoms with Gasteiger partial charge in [-0.15, -0.1) is 0 Å². The van der Waals surface area contributed by atoms with E-state index < -0.39 is 0 Å². The quantitative estimate of drug-likeness (QED) is 0.475. The molecule has 39 heavy (non-hydrogen) atoms. The number of fused-ring (bicyclic) bond motifs is 3. The topological polar surface area (TPSA) is 60.3 Å². The molecule has 3 atom stereocenters. The van der Waals surface area contributed by atoms with Crippen LogP contribution in [0.5, 0.6) is 6.01 Å². The first-order valence-electron chi connectivity index (χ1n) is 14.2. The van der Waals surface area contributed by atoms with Gasteiger partial charge in [0.15, 0.2) is 0 Å². The smallest absolute Gasteiger partial charge is 0.318 e. The van der Waals surface area contributed by atoms with Crippen LogP contribution in [0.15, 0.2) is 41.4 Å². The molecule has 0 bridgehead atoms. The molecule has 0 aliphatic carbocycles. The number of benzene rings is 2. The molecule has 4 aliphatic heterocycles. The average Bonchev–Trinajstić information content (AvgIpc) is 3.55. The molecule has 1 aromatic heterocycles. The first kappa shape index (κ1) is 24.9. The highest BCUT2D eigenvalue weighted by Gasteiger charge is 2.36. The van der Waals surface area contributed by atoms with E-state index in [2.05, 4.69) is 62.8 Å². The molecule has 204 valence electrons. The summed E-state index contributed by atoms with van der Waals surface area (Å²) in [5.74, 6) is 1.05. The second kappa shape index (κ2) is 10.1. The number of likely N-dealkylation sites (tertiary alicyclic amines) is 1. The minimum atomic E-state index is 0.297.